The Kier molecular flexibility index (Phi) is 5.42. The zero-order valence-corrected chi connectivity index (χ0v) is 10.7. The molecule has 0 radical (unpaired) electrons. The molecule has 0 spiro atoms. The highest BCUT2D eigenvalue weighted by Gasteiger charge is 2.11. The molecule has 5 heteroatoms. The Hall–Kier alpha value is -0.940. The molecule has 0 aliphatic carbocycles. The van der Waals surface area contributed by atoms with Gasteiger partial charge in [-0.25, -0.2) is 4.98 Å². The topological polar surface area (TPSA) is 48.4 Å². The Morgan fingerprint density at radius 3 is 2.94 bits per heavy atom. The van der Waals surface area contributed by atoms with E-state index >= 15 is 0 Å². The lowest BCUT2D eigenvalue weighted by atomic mass is 10.2. The van der Waals surface area contributed by atoms with Crippen LogP contribution in [-0.2, 0) is 20.7 Å². The molecule has 0 saturated carbocycles. The van der Waals surface area contributed by atoms with Crippen LogP contribution in [-0.4, -0.2) is 31.8 Å². The van der Waals surface area contributed by atoms with Crippen LogP contribution in [0.1, 0.15) is 30.0 Å². The number of rotatable bonds is 6. The van der Waals surface area contributed by atoms with Crippen molar-refractivity contribution in [2.24, 2.45) is 0 Å². The first-order chi connectivity index (χ1) is 7.67. The van der Waals surface area contributed by atoms with E-state index in [9.17, 15) is 4.79 Å². The van der Waals surface area contributed by atoms with E-state index in [-0.39, 0.29) is 5.97 Å². The molecule has 1 aromatic heterocycles. The summed E-state index contributed by atoms with van der Waals surface area (Å²) < 4.78 is 9.66. The fourth-order valence-electron chi connectivity index (χ4n) is 1.32. The summed E-state index contributed by atoms with van der Waals surface area (Å²) in [7, 11) is 3.08. The fourth-order valence-corrected chi connectivity index (χ4v) is 2.21. The number of carbonyl (C=O) groups excluding carboxylic acids is 1. The molecule has 0 N–H and O–H groups in total. The molecule has 0 aliphatic rings. The van der Waals surface area contributed by atoms with E-state index in [1.165, 1.54) is 7.11 Å². The van der Waals surface area contributed by atoms with Gasteiger partial charge in [0.2, 0.25) is 0 Å². The number of methoxy groups -OCH3 is 2. The predicted octanol–water partition coefficient (Wildman–Crippen LogP) is 2.00. The van der Waals surface area contributed by atoms with Gasteiger partial charge in [0.1, 0.15) is 0 Å². The Labute approximate surface area is 99.6 Å². The lowest BCUT2D eigenvalue weighted by Crippen LogP contribution is -2.03. The highest BCUT2D eigenvalue weighted by Crippen LogP contribution is 2.20. The van der Waals surface area contributed by atoms with Crippen molar-refractivity contribution in [2.75, 3.05) is 20.8 Å². The van der Waals surface area contributed by atoms with Gasteiger partial charge in [-0.15, -0.1) is 11.3 Å². The minimum Gasteiger partial charge on any atom is -0.469 e. The SMILES string of the molecule is COCC(C)c1nc(CCC(=O)OC)cs1. The Bertz CT molecular complexity index is 338. The lowest BCUT2D eigenvalue weighted by molar-refractivity contribution is -0.140. The van der Waals surface area contributed by atoms with Gasteiger partial charge >= 0.3 is 5.97 Å². The molecule has 0 aliphatic heterocycles. The summed E-state index contributed by atoms with van der Waals surface area (Å²) in [6, 6.07) is 0. The van der Waals surface area contributed by atoms with Gasteiger partial charge in [-0.3, -0.25) is 4.79 Å². The van der Waals surface area contributed by atoms with Crippen LogP contribution in [0, 0.1) is 0 Å². The zero-order valence-electron chi connectivity index (χ0n) is 9.86. The van der Waals surface area contributed by atoms with Crippen molar-refractivity contribution in [2.45, 2.75) is 25.7 Å². The van der Waals surface area contributed by atoms with E-state index in [0.717, 1.165) is 10.7 Å². The Morgan fingerprint density at radius 1 is 1.56 bits per heavy atom. The van der Waals surface area contributed by atoms with E-state index in [1.54, 1.807) is 18.4 Å². The van der Waals surface area contributed by atoms with Crippen LogP contribution < -0.4 is 0 Å². The molecule has 1 rings (SSSR count). The number of hydrogen-bond donors (Lipinski definition) is 0. The average molecular weight is 243 g/mol. The molecule has 0 fully saturated rings. The number of aromatic nitrogens is 1. The first-order valence-electron chi connectivity index (χ1n) is 5.17. The van der Waals surface area contributed by atoms with E-state index in [4.69, 9.17) is 4.74 Å². The van der Waals surface area contributed by atoms with Gasteiger partial charge in [-0.1, -0.05) is 6.92 Å². The summed E-state index contributed by atoms with van der Waals surface area (Å²) in [6.45, 7) is 2.75. The first kappa shape index (κ1) is 13.1. The monoisotopic (exact) mass is 243 g/mol. The van der Waals surface area contributed by atoms with Crippen LogP contribution in [0.3, 0.4) is 0 Å². The van der Waals surface area contributed by atoms with Crippen LogP contribution in [0.2, 0.25) is 0 Å². The molecule has 0 saturated heterocycles. The normalized spacial score (nSPS) is 12.4. The number of carbonyl (C=O) groups is 1. The minimum atomic E-state index is -0.195. The maximum atomic E-state index is 11.0. The van der Waals surface area contributed by atoms with Crippen molar-refractivity contribution in [1.29, 1.82) is 0 Å². The first-order valence-corrected chi connectivity index (χ1v) is 6.05. The average Bonchev–Trinajstić information content (AvgIpc) is 2.75. The molecule has 0 aromatic carbocycles. The van der Waals surface area contributed by atoms with Crippen LogP contribution in [0.25, 0.3) is 0 Å². The number of esters is 1. The van der Waals surface area contributed by atoms with Crippen molar-refractivity contribution in [3.8, 4) is 0 Å². The Balaban J connectivity index is 2.48. The smallest absolute Gasteiger partial charge is 0.305 e. The molecular formula is C11H17NO3S. The van der Waals surface area contributed by atoms with Crippen LogP contribution in [0.5, 0.6) is 0 Å². The molecule has 4 nitrogen and oxygen atoms in total. The second kappa shape index (κ2) is 6.60. The number of aryl methyl sites for hydroxylation is 1. The maximum Gasteiger partial charge on any atom is 0.305 e. The summed E-state index contributed by atoms with van der Waals surface area (Å²) in [6.07, 6.45) is 1.03. The highest BCUT2D eigenvalue weighted by molar-refractivity contribution is 7.09. The Morgan fingerprint density at radius 2 is 2.31 bits per heavy atom. The number of thiazole rings is 1. The van der Waals surface area contributed by atoms with Gasteiger partial charge in [0.05, 0.1) is 30.8 Å². The van der Waals surface area contributed by atoms with Crippen LogP contribution >= 0.6 is 11.3 Å². The summed E-state index contributed by atoms with van der Waals surface area (Å²) in [5.74, 6) is 0.112. The number of nitrogens with zero attached hydrogens (tertiary/aromatic N) is 1. The molecule has 1 atom stereocenters. The maximum absolute atomic E-state index is 11.0. The highest BCUT2D eigenvalue weighted by atomic mass is 32.1. The van der Waals surface area contributed by atoms with Gasteiger partial charge in [-0.2, -0.15) is 0 Å². The molecule has 1 unspecified atom stereocenters. The van der Waals surface area contributed by atoms with Crippen LogP contribution in [0.4, 0.5) is 0 Å². The molecule has 90 valence electrons. The summed E-state index contributed by atoms with van der Waals surface area (Å²) in [5.41, 5.74) is 0.952. The molecule has 1 aromatic rings. The number of ether oxygens (including phenoxy) is 2. The van der Waals surface area contributed by atoms with Crippen molar-refractivity contribution in [3.63, 3.8) is 0 Å². The van der Waals surface area contributed by atoms with Gasteiger partial charge in [0, 0.05) is 24.8 Å². The summed E-state index contributed by atoms with van der Waals surface area (Å²) in [4.78, 5) is 15.4. The third-order valence-electron chi connectivity index (χ3n) is 2.22. The molecule has 0 amide bonds. The third kappa shape index (κ3) is 3.90. The summed E-state index contributed by atoms with van der Waals surface area (Å²) in [5, 5.41) is 3.05. The molecular weight excluding hydrogens is 226 g/mol. The number of hydrogen-bond acceptors (Lipinski definition) is 5. The van der Waals surface area contributed by atoms with E-state index < -0.39 is 0 Å². The summed E-state index contributed by atoms with van der Waals surface area (Å²) >= 11 is 1.61. The lowest BCUT2D eigenvalue weighted by Gasteiger charge is -2.05. The van der Waals surface area contributed by atoms with Gasteiger partial charge in [0.15, 0.2) is 0 Å². The van der Waals surface area contributed by atoms with Gasteiger partial charge < -0.3 is 9.47 Å². The fraction of sp³-hybridized carbons (Fsp3) is 0.636. The largest absolute Gasteiger partial charge is 0.469 e. The van der Waals surface area contributed by atoms with Crippen molar-refractivity contribution >= 4 is 17.3 Å². The van der Waals surface area contributed by atoms with Gasteiger partial charge in [0.25, 0.3) is 0 Å². The standard InChI is InChI=1S/C11H17NO3S/c1-8(6-14-2)11-12-9(7-16-11)4-5-10(13)15-3/h7-8H,4-6H2,1-3H3. The van der Waals surface area contributed by atoms with E-state index in [0.29, 0.717) is 25.4 Å². The second-order valence-corrected chi connectivity index (χ2v) is 4.50. The molecule has 1 heterocycles. The van der Waals surface area contributed by atoms with Crippen molar-refractivity contribution in [1.82, 2.24) is 4.98 Å². The molecule has 16 heavy (non-hydrogen) atoms. The van der Waals surface area contributed by atoms with E-state index in [1.807, 2.05) is 5.38 Å². The zero-order chi connectivity index (χ0) is 12.0. The second-order valence-electron chi connectivity index (χ2n) is 3.61. The van der Waals surface area contributed by atoms with Crippen molar-refractivity contribution in [3.05, 3.63) is 16.1 Å². The van der Waals surface area contributed by atoms with Crippen molar-refractivity contribution < 1.29 is 14.3 Å². The quantitative estimate of drug-likeness (QED) is 0.717. The van der Waals surface area contributed by atoms with Crippen LogP contribution in [0.15, 0.2) is 5.38 Å². The molecule has 0 bridgehead atoms. The minimum absolute atomic E-state index is 0.195. The third-order valence-corrected chi connectivity index (χ3v) is 3.35. The van der Waals surface area contributed by atoms with Gasteiger partial charge in [-0.05, 0) is 0 Å². The predicted molar refractivity (Wildman–Crippen MR) is 62.7 cm³/mol. The van der Waals surface area contributed by atoms with E-state index in [2.05, 4.69) is 16.6 Å².